The molecule has 116 valence electrons. The average Bonchev–Trinajstić information content (AvgIpc) is 2.40. The van der Waals surface area contributed by atoms with Crippen LogP contribution in [0.4, 0.5) is 0 Å². The number of carbonyl (C=O) groups is 2. The summed E-state index contributed by atoms with van der Waals surface area (Å²) in [6.07, 6.45) is 0. The Hall–Kier alpha value is -1.14. The zero-order chi connectivity index (χ0) is 15.2. The molecule has 1 saturated heterocycles. The number of ether oxygens (including phenoxy) is 3. The Balaban J connectivity index is 2.95. The van der Waals surface area contributed by atoms with Gasteiger partial charge in [-0.1, -0.05) is 0 Å². The topological polar surface area (TPSA) is 65.1 Å². The van der Waals surface area contributed by atoms with E-state index in [0.29, 0.717) is 39.5 Å². The van der Waals surface area contributed by atoms with Crippen LogP contribution in [0.2, 0.25) is 0 Å². The summed E-state index contributed by atoms with van der Waals surface area (Å²) >= 11 is 0. The largest absolute Gasteiger partial charge is 0.466 e. The van der Waals surface area contributed by atoms with Crippen molar-refractivity contribution >= 4 is 11.9 Å². The smallest absolute Gasteiger partial charge is 0.324 e. The van der Waals surface area contributed by atoms with Gasteiger partial charge >= 0.3 is 11.9 Å². The van der Waals surface area contributed by atoms with Gasteiger partial charge in [0, 0.05) is 13.1 Å². The lowest BCUT2D eigenvalue weighted by atomic mass is 9.83. The molecule has 0 amide bonds. The Morgan fingerprint density at radius 3 is 2.20 bits per heavy atom. The number of hydrogen-bond donors (Lipinski definition) is 0. The Bertz CT molecular complexity index is 336. The molecular formula is C14H25NO5. The first-order valence-electron chi connectivity index (χ1n) is 7.10. The van der Waals surface area contributed by atoms with Gasteiger partial charge in [0.15, 0.2) is 0 Å². The fourth-order valence-electron chi connectivity index (χ4n) is 2.39. The summed E-state index contributed by atoms with van der Waals surface area (Å²) in [6, 6.07) is -0.648. The van der Waals surface area contributed by atoms with E-state index in [1.54, 1.807) is 27.7 Å². The van der Waals surface area contributed by atoms with E-state index >= 15 is 0 Å². The molecule has 0 aliphatic carbocycles. The molecule has 0 aromatic carbocycles. The first-order valence-corrected chi connectivity index (χ1v) is 7.10. The normalized spacial score (nSPS) is 18.4. The van der Waals surface area contributed by atoms with Crippen molar-refractivity contribution in [3.63, 3.8) is 0 Å². The van der Waals surface area contributed by atoms with Crippen molar-refractivity contribution in [1.82, 2.24) is 4.90 Å². The van der Waals surface area contributed by atoms with E-state index in [2.05, 4.69) is 0 Å². The van der Waals surface area contributed by atoms with Crippen LogP contribution >= 0.6 is 0 Å². The van der Waals surface area contributed by atoms with Crippen molar-refractivity contribution in [2.24, 2.45) is 5.41 Å². The first kappa shape index (κ1) is 16.9. The minimum atomic E-state index is -0.959. The molecule has 6 nitrogen and oxygen atoms in total. The van der Waals surface area contributed by atoms with Gasteiger partial charge in [-0.05, 0) is 27.7 Å². The third kappa shape index (κ3) is 3.93. The fourth-order valence-corrected chi connectivity index (χ4v) is 2.39. The molecular weight excluding hydrogens is 262 g/mol. The van der Waals surface area contributed by atoms with E-state index in [4.69, 9.17) is 14.2 Å². The molecule has 1 unspecified atom stereocenters. The SMILES string of the molecule is CCOC(=O)C(N1CCOCC1)C(C)(C)C(=O)OCC. The summed E-state index contributed by atoms with van der Waals surface area (Å²) in [6.45, 7) is 9.85. The molecule has 0 aromatic rings. The second-order valence-electron chi connectivity index (χ2n) is 5.25. The molecule has 0 aromatic heterocycles. The summed E-state index contributed by atoms with van der Waals surface area (Å²) in [4.78, 5) is 26.4. The lowest BCUT2D eigenvalue weighted by Crippen LogP contribution is -2.57. The maximum Gasteiger partial charge on any atom is 0.324 e. The van der Waals surface area contributed by atoms with Gasteiger partial charge in [0.2, 0.25) is 0 Å². The van der Waals surface area contributed by atoms with E-state index in [0.717, 1.165) is 0 Å². The average molecular weight is 287 g/mol. The molecule has 0 spiro atoms. The zero-order valence-corrected chi connectivity index (χ0v) is 12.8. The van der Waals surface area contributed by atoms with E-state index in [-0.39, 0.29) is 11.9 Å². The lowest BCUT2D eigenvalue weighted by Gasteiger charge is -2.40. The van der Waals surface area contributed by atoms with Gasteiger partial charge in [-0.15, -0.1) is 0 Å². The van der Waals surface area contributed by atoms with E-state index in [1.807, 2.05) is 4.90 Å². The summed E-state index contributed by atoms with van der Waals surface area (Å²) in [7, 11) is 0. The van der Waals surface area contributed by atoms with E-state index in [1.165, 1.54) is 0 Å². The summed E-state index contributed by atoms with van der Waals surface area (Å²) < 4.78 is 15.5. The van der Waals surface area contributed by atoms with Crippen LogP contribution in [0.1, 0.15) is 27.7 Å². The number of morpholine rings is 1. The third-order valence-corrected chi connectivity index (χ3v) is 3.41. The van der Waals surface area contributed by atoms with Crippen LogP contribution in [0, 0.1) is 5.41 Å². The molecule has 20 heavy (non-hydrogen) atoms. The lowest BCUT2D eigenvalue weighted by molar-refractivity contribution is -0.171. The molecule has 1 heterocycles. The number of esters is 2. The van der Waals surface area contributed by atoms with Crippen LogP contribution in [0.15, 0.2) is 0 Å². The first-order chi connectivity index (χ1) is 9.45. The highest BCUT2D eigenvalue weighted by atomic mass is 16.5. The molecule has 1 aliphatic rings. The summed E-state index contributed by atoms with van der Waals surface area (Å²) in [5.74, 6) is -0.767. The predicted octanol–water partition coefficient (Wildman–Crippen LogP) is 0.840. The number of rotatable bonds is 6. The van der Waals surface area contributed by atoms with Gasteiger partial charge in [-0.25, -0.2) is 0 Å². The third-order valence-electron chi connectivity index (χ3n) is 3.41. The van der Waals surface area contributed by atoms with Crippen LogP contribution in [-0.4, -0.2) is 62.4 Å². The van der Waals surface area contributed by atoms with Crippen molar-refractivity contribution in [1.29, 1.82) is 0 Å². The molecule has 0 N–H and O–H groups in total. The van der Waals surface area contributed by atoms with Gasteiger partial charge in [0.1, 0.15) is 6.04 Å². The second-order valence-corrected chi connectivity index (χ2v) is 5.25. The quantitative estimate of drug-likeness (QED) is 0.675. The van der Waals surface area contributed by atoms with Crippen LogP contribution in [0.25, 0.3) is 0 Å². The Morgan fingerprint density at radius 1 is 1.15 bits per heavy atom. The Kier molecular flexibility index (Phi) is 6.42. The van der Waals surface area contributed by atoms with E-state index in [9.17, 15) is 9.59 Å². The number of carbonyl (C=O) groups excluding carboxylic acids is 2. The molecule has 1 atom stereocenters. The van der Waals surface area contributed by atoms with Gasteiger partial charge < -0.3 is 14.2 Å². The highest BCUT2D eigenvalue weighted by Crippen LogP contribution is 2.29. The molecule has 6 heteroatoms. The van der Waals surface area contributed by atoms with Crippen molar-refractivity contribution in [3.8, 4) is 0 Å². The molecule has 0 saturated carbocycles. The van der Waals surface area contributed by atoms with Crippen molar-refractivity contribution in [2.75, 3.05) is 39.5 Å². The number of hydrogen-bond acceptors (Lipinski definition) is 6. The second kappa shape index (κ2) is 7.59. The van der Waals surface area contributed by atoms with Crippen molar-refractivity contribution in [2.45, 2.75) is 33.7 Å². The molecule has 1 aliphatic heterocycles. The maximum absolute atomic E-state index is 12.3. The monoisotopic (exact) mass is 287 g/mol. The van der Waals surface area contributed by atoms with Crippen LogP contribution < -0.4 is 0 Å². The summed E-state index contributed by atoms with van der Waals surface area (Å²) in [5.41, 5.74) is -0.959. The predicted molar refractivity (Wildman–Crippen MR) is 73.2 cm³/mol. The number of nitrogens with zero attached hydrogens (tertiary/aromatic N) is 1. The minimum Gasteiger partial charge on any atom is -0.466 e. The molecule has 1 fully saturated rings. The van der Waals surface area contributed by atoms with Crippen molar-refractivity contribution < 1.29 is 23.8 Å². The van der Waals surface area contributed by atoms with Crippen LogP contribution in [-0.2, 0) is 23.8 Å². The highest BCUT2D eigenvalue weighted by Gasteiger charge is 2.47. The van der Waals surface area contributed by atoms with Gasteiger partial charge in [0.25, 0.3) is 0 Å². The standard InChI is InChI=1S/C14H25NO5/c1-5-19-12(16)11(15-7-9-18-10-8-15)14(3,4)13(17)20-6-2/h11H,5-10H2,1-4H3. The zero-order valence-electron chi connectivity index (χ0n) is 12.8. The maximum atomic E-state index is 12.3. The van der Waals surface area contributed by atoms with Crippen LogP contribution in [0.5, 0.6) is 0 Å². The molecule has 0 radical (unpaired) electrons. The van der Waals surface area contributed by atoms with E-state index < -0.39 is 11.5 Å². The van der Waals surface area contributed by atoms with Crippen molar-refractivity contribution in [3.05, 3.63) is 0 Å². The van der Waals surface area contributed by atoms with Crippen LogP contribution in [0.3, 0.4) is 0 Å². The molecule has 0 bridgehead atoms. The Morgan fingerprint density at radius 2 is 1.70 bits per heavy atom. The summed E-state index contributed by atoms with van der Waals surface area (Å²) in [5, 5.41) is 0. The molecule has 1 rings (SSSR count). The van der Waals surface area contributed by atoms with Gasteiger partial charge in [-0.3, -0.25) is 14.5 Å². The minimum absolute atomic E-state index is 0.290. The Labute approximate surface area is 120 Å². The van der Waals surface area contributed by atoms with Gasteiger partial charge in [-0.2, -0.15) is 0 Å². The van der Waals surface area contributed by atoms with Gasteiger partial charge in [0.05, 0.1) is 31.8 Å². The fraction of sp³-hybridized carbons (Fsp3) is 0.857. The highest BCUT2D eigenvalue weighted by molar-refractivity contribution is 5.87.